The second kappa shape index (κ2) is 12.8. The number of sulfonamides is 1. The molecule has 3 aromatic carbocycles. The molecule has 0 fully saturated rings. The molecule has 11 heteroatoms. The van der Waals surface area contributed by atoms with Crippen LogP contribution in [-0.2, 0) is 26.2 Å². The van der Waals surface area contributed by atoms with Crippen molar-refractivity contribution >= 4 is 62.3 Å². The molecule has 0 aromatic heterocycles. The summed E-state index contributed by atoms with van der Waals surface area (Å²) in [5.74, 6) is -0.956. The first kappa shape index (κ1) is 29.8. The molecule has 0 aliphatic heterocycles. The maximum Gasteiger partial charge on any atom is 0.264 e. The van der Waals surface area contributed by atoms with Gasteiger partial charge < -0.3 is 10.2 Å². The van der Waals surface area contributed by atoms with Gasteiger partial charge in [0.15, 0.2) is 0 Å². The van der Waals surface area contributed by atoms with Crippen molar-refractivity contribution in [2.24, 2.45) is 0 Å². The molecule has 3 aromatic rings. The first-order valence-electron chi connectivity index (χ1n) is 11.8. The SMILES string of the molecule is CC[C@@H](C(=O)NC)N(Cc1ccc(Cl)c(Cl)c1)C(=O)CN(c1cccc(Cl)c1C)S(=O)(=O)c1ccccc1. The number of likely N-dealkylation sites (N-methyl/N-ethyl adjacent to an activating group) is 1. The summed E-state index contributed by atoms with van der Waals surface area (Å²) in [6.07, 6.45) is 0.300. The molecule has 0 aliphatic carbocycles. The van der Waals surface area contributed by atoms with Crippen molar-refractivity contribution < 1.29 is 18.0 Å². The Bertz CT molecular complexity index is 1420. The molecule has 7 nitrogen and oxygen atoms in total. The predicted octanol–water partition coefficient (Wildman–Crippen LogP) is 5.70. The average Bonchev–Trinajstić information content (AvgIpc) is 2.91. The lowest BCUT2D eigenvalue weighted by Gasteiger charge is -2.33. The van der Waals surface area contributed by atoms with Crippen molar-refractivity contribution in [3.8, 4) is 0 Å². The molecule has 0 unspecified atom stereocenters. The van der Waals surface area contributed by atoms with Crippen molar-refractivity contribution in [1.82, 2.24) is 10.2 Å². The van der Waals surface area contributed by atoms with Gasteiger partial charge in [-0.05, 0) is 60.9 Å². The fourth-order valence-electron chi connectivity index (χ4n) is 4.02. The first-order chi connectivity index (χ1) is 18.0. The summed E-state index contributed by atoms with van der Waals surface area (Å²) in [7, 11) is -2.70. The van der Waals surface area contributed by atoms with Gasteiger partial charge in [-0.15, -0.1) is 0 Å². The second-order valence-electron chi connectivity index (χ2n) is 8.52. The fraction of sp³-hybridized carbons (Fsp3) is 0.259. The number of hydrogen-bond donors (Lipinski definition) is 1. The summed E-state index contributed by atoms with van der Waals surface area (Å²) < 4.78 is 28.7. The number of carbonyl (C=O) groups excluding carboxylic acids is 2. The number of carbonyl (C=O) groups is 2. The highest BCUT2D eigenvalue weighted by Gasteiger charge is 2.34. The molecule has 0 spiro atoms. The van der Waals surface area contributed by atoms with E-state index in [1.54, 1.807) is 68.4 Å². The zero-order valence-electron chi connectivity index (χ0n) is 21.1. The van der Waals surface area contributed by atoms with E-state index in [-0.39, 0.29) is 23.0 Å². The van der Waals surface area contributed by atoms with Gasteiger partial charge in [0, 0.05) is 18.6 Å². The van der Waals surface area contributed by atoms with E-state index in [9.17, 15) is 18.0 Å². The van der Waals surface area contributed by atoms with Crippen molar-refractivity contribution in [2.75, 3.05) is 17.9 Å². The Morgan fingerprint density at radius 2 is 1.61 bits per heavy atom. The van der Waals surface area contributed by atoms with E-state index in [1.165, 1.54) is 24.1 Å². The second-order valence-corrected chi connectivity index (χ2v) is 11.6. The number of nitrogens with zero attached hydrogens (tertiary/aromatic N) is 2. The van der Waals surface area contributed by atoms with Crippen LogP contribution in [0.4, 0.5) is 5.69 Å². The van der Waals surface area contributed by atoms with Gasteiger partial charge in [0.2, 0.25) is 11.8 Å². The molecule has 0 saturated carbocycles. The molecular weight excluding hydrogens is 569 g/mol. The van der Waals surface area contributed by atoms with Gasteiger partial charge in [-0.2, -0.15) is 0 Å². The topological polar surface area (TPSA) is 86.8 Å². The smallest absolute Gasteiger partial charge is 0.264 e. The Balaban J connectivity index is 2.10. The van der Waals surface area contributed by atoms with Crippen LogP contribution in [-0.4, -0.2) is 44.8 Å². The van der Waals surface area contributed by atoms with Gasteiger partial charge in [-0.3, -0.25) is 13.9 Å². The fourth-order valence-corrected chi connectivity index (χ4v) is 6.00. The minimum atomic E-state index is -4.18. The third-order valence-electron chi connectivity index (χ3n) is 6.09. The Hall–Kier alpha value is -2.78. The molecule has 0 heterocycles. The summed E-state index contributed by atoms with van der Waals surface area (Å²) in [6.45, 7) is 2.90. The first-order valence-corrected chi connectivity index (χ1v) is 14.4. The van der Waals surface area contributed by atoms with Crippen LogP contribution < -0.4 is 9.62 Å². The summed E-state index contributed by atoms with van der Waals surface area (Å²) in [4.78, 5) is 28.1. The summed E-state index contributed by atoms with van der Waals surface area (Å²) in [5, 5.41) is 3.59. The average molecular weight is 597 g/mol. The number of hydrogen-bond acceptors (Lipinski definition) is 4. The lowest BCUT2D eigenvalue weighted by Crippen LogP contribution is -2.51. The molecular formula is C27H28Cl3N3O4S. The molecule has 1 atom stereocenters. The van der Waals surface area contributed by atoms with Gasteiger partial charge >= 0.3 is 0 Å². The van der Waals surface area contributed by atoms with Crippen LogP contribution in [0.3, 0.4) is 0 Å². The van der Waals surface area contributed by atoms with Crippen LogP contribution in [0.25, 0.3) is 0 Å². The number of benzene rings is 3. The molecule has 38 heavy (non-hydrogen) atoms. The maximum atomic E-state index is 13.9. The minimum Gasteiger partial charge on any atom is -0.357 e. The molecule has 3 rings (SSSR count). The van der Waals surface area contributed by atoms with Gasteiger partial charge in [0.1, 0.15) is 12.6 Å². The highest BCUT2D eigenvalue weighted by molar-refractivity contribution is 7.92. The largest absolute Gasteiger partial charge is 0.357 e. The van der Waals surface area contributed by atoms with E-state index in [2.05, 4.69) is 5.32 Å². The van der Waals surface area contributed by atoms with Crippen LogP contribution in [0.2, 0.25) is 15.1 Å². The normalized spacial score (nSPS) is 12.1. The number of halogens is 3. The van der Waals surface area contributed by atoms with E-state index in [4.69, 9.17) is 34.8 Å². The van der Waals surface area contributed by atoms with E-state index < -0.39 is 28.5 Å². The zero-order chi connectivity index (χ0) is 28.0. The predicted molar refractivity (Wildman–Crippen MR) is 152 cm³/mol. The van der Waals surface area contributed by atoms with Crippen molar-refractivity contribution in [1.29, 1.82) is 0 Å². The third kappa shape index (κ3) is 6.61. The van der Waals surface area contributed by atoms with Crippen molar-refractivity contribution in [3.05, 3.63) is 92.9 Å². The molecule has 0 radical (unpaired) electrons. The van der Waals surface area contributed by atoms with Crippen molar-refractivity contribution in [2.45, 2.75) is 37.8 Å². The zero-order valence-corrected chi connectivity index (χ0v) is 24.2. The number of anilines is 1. The molecule has 1 N–H and O–H groups in total. The highest BCUT2D eigenvalue weighted by atomic mass is 35.5. The molecule has 0 bridgehead atoms. The van der Waals surface area contributed by atoms with Crippen LogP contribution in [0.1, 0.15) is 24.5 Å². The Morgan fingerprint density at radius 1 is 0.921 bits per heavy atom. The van der Waals surface area contributed by atoms with Gasteiger partial charge in [0.25, 0.3) is 10.0 Å². The molecule has 2 amide bonds. The quantitative estimate of drug-likeness (QED) is 0.325. The van der Waals surface area contributed by atoms with E-state index in [1.807, 2.05) is 0 Å². The Morgan fingerprint density at radius 3 is 2.21 bits per heavy atom. The third-order valence-corrected chi connectivity index (χ3v) is 9.01. The number of rotatable bonds is 10. The lowest BCUT2D eigenvalue weighted by atomic mass is 10.1. The molecule has 202 valence electrons. The van der Waals surface area contributed by atoms with Crippen LogP contribution in [0.15, 0.2) is 71.6 Å². The Labute approximate surface area is 238 Å². The van der Waals surface area contributed by atoms with Crippen LogP contribution in [0, 0.1) is 6.92 Å². The van der Waals surface area contributed by atoms with Gasteiger partial charge in [-0.1, -0.05) is 72.1 Å². The standard InChI is InChI=1S/C27H28Cl3N3O4S/c1-4-24(27(35)31-3)32(16-19-13-14-22(29)23(30)15-19)26(34)17-33(25-12-8-11-21(28)18(25)2)38(36,37)20-9-6-5-7-10-20/h5-15,24H,4,16-17H2,1-3H3,(H,31,35)/t24-/m0/s1. The van der Waals surface area contributed by atoms with Crippen molar-refractivity contribution in [3.63, 3.8) is 0 Å². The van der Waals surface area contributed by atoms with E-state index in [0.29, 0.717) is 32.6 Å². The van der Waals surface area contributed by atoms with E-state index in [0.717, 1.165) is 4.31 Å². The Kier molecular flexibility index (Phi) is 10.1. The van der Waals surface area contributed by atoms with E-state index >= 15 is 0 Å². The van der Waals surface area contributed by atoms with Crippen LogP contribution in [0.5, 0.6) is 0 Å². The van der Waals surface area contributed by atoms with Crippen LogP contribution >= 0.6 is 34.8 Å². The summed E-state index contributed by atoms with van der Waals surface area (Å²) in [6, 6.07) is 16.7. The highest BCUT2D eigenvalue weighted by Crippen LogP contribution is 2.31. The number of nitrogens with one attached hydrogen (secondary N) is 1. The lowest BCUT2D eigenvalue weighted by molar-refractivity contribution is -0.140. The molecule has 0 saturated heterocycles. The minimum absolute atomic E-state index is 0.00933. The number of amides is 2. The molecule has 0 aliphatic rings. The maximum absolute atomic E-state index is 13.9. The monoisotopic (exact) mass is 595 g/mol. The van der Waals surface area contributed by atoms with Gasteiger partial charge in [-0.25, -0.2) is 8.42 Å². The van der Waals surface area contributed by atoms with Gasteiger partial charge in [0.05, 0.1) is 20.6 Å². The summed E-state index contributed by atoms with van der Waals surface area (Å²) >= 11 is 18.6. The summed E-state index contributed by atoms with van der Waals surface area (Å²) in [5.41, 5.74) is 1.39.